The van der Waals surface area contributed by atoms with E-state index in [-0.39, 0.29) is 6.10 Å². The lowest BCUT2D eigenvalue weighted by molar-refractivity contribution is 0.242. The minimum atomic E-state index is -0.529. The van der Waals surface area contributed by atoms with Crippen molar-refractivity contribution in [1.82, 2.24) is 0 Å². The molecule has 0 amide bonds. The molecule has 0 aliphatic heterocycles. The first kappa shape index (κ1) is 17.2. The highest BCUT2D eigenvalue weighted by molar-refractivity contribution is 6.64. The van der Waals surface area contributed by atoms with Crippen molar-refractivity contribution in [1.29, 1.82) is 0 Å². The van der Waals surface area contributed by atoms with E-state index in [0.717, 1.165) is 28.1 Å². The molecule has 0 saturated heterocycles. The van der Waals surface area contributed by atoms with Gasteiger partial charge in [-0.2, -0.15) is 0 Å². The van der Waals surface area contributed by atoms with Crippen molar-refractivity contribution in [3.8, 4) is 11.5 Å². The molecule has 0 aliphatic rings. The summed E-state index contributed by atoms with van der Waals surface area (Å²) < 4.78 is 10.9. The maximum Gasteiger partial charge on any atom is 0.320 e. The predicted molar refractivity (Wildman–Crippen MR) is 97.6 cm³/mol. The minimum absolute atomic E-state index is 0.0951. The van der Waals surface area contributed by atoms with Crippen LogP contribution >= 0.6 is 0 Å². The Kier molecular flexibility index (Phi) is 5.88. The molecule has 3 nitrogen and oxygen atoms in total. The summed E-state index contributed by atoms with van der Waals surface area (Å²) >= 11 is 0. The molecular weight excluding hydrogens is 287 g/mol. The van der Waals surface area contributed by atoms with Gasteiger partial charge in [0.1, 0.15) is 11.5 Å². The van der Waals surface area contributed by atoms with Crippen molar-refractivity contribution in [2.45, 2.75) is 26.8 Å². The Bertz CT molecular complexity index is 661. The molecule has 120 valence electrons. The molecule has 0 saturated carbocycles. The molecule has 4 heteroatoms. The van der Waals surface area contributed by atoms with Crippen molar-refractivity contribution >= 4 is 24.5 Å². The number of methoxy groups -OCH3 is 1. The van der Waals surface area contributed by atoms with Crippen molar-refractivity contribution in [3.05, 3.63) is 53.6 Å². The second-order valence-electron chi connectivity index (χ2n) is 5.78. The molecule has 2 aromatic carbocycles. The van der Waals surface area contributed by atoms with Crippen LogP contribution in [0.2, 0.25) is 6.82 Å². The Morgan fingerprint density at radius 1 is 0.957 bits per heavy atom. The van der Waals surface area contributed by atoms with Crippen LogP contribution in [0, 0.1) is 0 Å². The van der Waals surface area contributed by atoms with Crippen LogP contribution in [0.4, 0.5) is 0 Å². The normalized spacial score (nSPS) is 11.0. The summed E-state index contributed by atoms with van der Waals surface area (Å²) in [6, 6.07) is 13.7. The van der Waals surface area contributed by atoms with Gasteiger partial charge in [0, 0.05) is 0 Å². The van der Waals surface area contributed by atoms with Gasteiger partial charge in [0.25, 0.3) is 0 Å². The van der Waals surface area contributed by atoms with Crippen LogP contribution in [0.1, 0.15) is 25.0 Å². The maximum atomic E-state index is 9.86. The van der Waals surface area contributed by atoms with E-state index in [9.17, 15) is 5.02 Å². The van der Waals surface area contributed by atoms with E-state index in [1.54, 1.807) is 13.9 Å². The fraction of sp³-hybridized carbons (Fsp3) is 0.263. The first-order chi connectivity index (χ1) is 11.0. The lowest BCUT2D eigenvalue weighted by Crippen LogP contribution is -2.26. The highest BCUT2D eigenvalue weighted by atomic mass is 16.5. The smallest absolute Gasteiger partial charge is 0.320 e. The van der Waals surface area contributed by atoms with E-state index in [1.165, 1.54) is 0 Å². The zero-order chi connectivity index (χ0) is 16.8. The van der Waals surface area contributed by atoms with Gasteiger partial charge in [-0.25, -0.2) is 0 Å². The second-order valence-corrected chi connectivity index (χ2v) is 5.78. The lowest BCUT2D eigenvalue weighted by Gasteiger charge is -2.13. The standard InChI is InChI=1S/C19H23BO3/c1-14(2)23-19-12-16(11-17(13-19)20(3)21)6-5-15-7-9-18(22-4)10-8-15/h5-14,21H,1-4H3/b6-5+. The third-order valence-electron chi connectivity index (χ3n) is 3.39. The fourth-order valence-electron chi connectivity index (χ4n) is 2.23. The summed E-state index contributed by atoms with van der Waals surface area (Å²) in [6.07, 6.45) is 4.14. The molecule has 0 aliphatic carbocycles. The Balaban J connectivity index is 2.25. The number of ether oxygens (including phenoxy) is 2. The van der Waals surface area contributed by atoms with Crippen molar-refractivity contribution in [2.75, 3.05) is 7.11 Å². The monoisotopic (exact) mass is 310 g/mol. The molecule has 2 rings (SSSR count). The Morgan fingerprint density at radius 3 is 2.17 bits per heavy atom. The molecule has 0 spiro atoms. The molecule has 0 atom stereocenters. The van der Waals surface area contributed by atoms with E-state index in [2.05, 4.69) is 0 Å². The third-order valence-corrected chi connectivity index (χ3v) is 3.39. The third kappa shape index (κ3) is 5.18. The lowest BCUT2D eigenvalue weighted by atomic mass is 9.64. The van der Waals surface area contributed by atoms with Gasteiger partial charge in [0.05, 0.1) is 13.2 Å². The average molecular weight is 310 g/mol. The van der Waals surface area contributed by atoms with Crippen LogP contribution < -0.4 is 14.9 Å². The number of hydrogen-bond donors (Lipinski definition) is 1. The SMILES string of the molecule is COc1ccc(/C=C/c2cc(OC(C)C)cc(B(C)O)c2)cc1. The van der Waals surface area contributed by atoms with E-state index in [4.69, 9.17) is 9.47 Å². The number of rotatable bonds is 6. The summed E-state index contributed by atoms with van der Waals surface area (Å²) in [4.78, 5) is 0. The van der Waals surface area contributed by atoms with Gasteiger partial charge in [-0.1, -0.05) is 37.2 Å². The number of hydrogen-bond acceptors (Lipinski definition) is 3. The van der Waals surface area contributed by atoms with Gasteiger partial charge >= 0.3 is 6.92 Å². The average Bonchev–Trinajstić information content (AvgIpc) is 2.52. The molecule has 0 aromatic heterocycles. The summed E-state index contributed by atoms with van der Waals surface area (Å²) in [7, 11) is 1.66. The van der Waals surface area contributed by atoms with E-state index < -0.39 is 6.92 Å². The Morgan fingerprint density at radius 2 is 1.61 bits per heavy atom. The quantitative estimate of drug-likeness (QED) is 0.656. The molecule has 0 bridgehead atoms. The summed E-state index contributed by atoms with van der Waals surface area (Å²) in [5.41, 5.74) is 2.92. The van der Waals surface area contributed by atoms with E-state index in [1.807, 2.05) is 68.5 Å². The van der Waals surface area contributed by atoms with Crippen molar-refractivity contribution in [2.24, 2.45) is 0 Å². The molecule has 23 heavy (non-hydrogen) atoms. The molecule has 0 fully saturated rings. The zero-order valence-electron chi connectivity index (χ0n) is 14.1. The molecule has 0 radical (unpaired) electrons. The van der Waals surface area contributed by atoms with Crippen LogP contribution in [-0.4, -0.2) is 25.2 Å². The Hall–Kier alpha value is -2.20. The molecule has 1 N–H and O–H groups in total. The van der Waals surface area contributed by atoms with Gasteiger partial charge in [-0.3, -0.25) is 0 Å². The van der Waals surface area contributed by atoms with Gasteiger partial charge in [-0.15, -0.1) is 0 Å². The minimum Gasteiger partial charge on any atom is -0.497 e. The summed E-state index contributed by atoms with van der Waals surface area (Å²) in [5, 5.41) is 9.86. The summed E-state index contributed by atoms with van der Waals surface area (Å²) in [5.74, 6) is 1.61. The molecular formula is C19H23BO3. The van der Waals surface area contributed by atoms with Crippen molar-refractivity contribution < 1.29 is 14.5 Å². The van der Waals surface area contributed by atoms with Crippen LogP contribution in [0.15, 0.2) is 42.5 Å². The largest absolute Gasteiger partial charge is 0.497 e. The van der Waals surface area contributed by atoms with Gasteiger partial charge < -0.3 is 14.5 Å². The fourth-order valence-corrected chi connectivity index (χ4v) is 2.23. The van der Waals surface area contributed by atoms with Crippen molar-refractivity contribution in [3.63, 3.8) is 0 Å². The highest BCUT2D eigenvalue weighted by Gasteiger charge is 2.10. The number of benzene rings is 2. The van der Waals surface area contributed by atoms with Crippen LogP contribution in [0.3, 0.4) is 0 Å². The highest BCUT2D eigenvalue weighted by Crippen LogP contribution is 2.18. The second kappa shape index (κ2) is 7.88. The van der Waals surface area contributed by atoms with Gasteiger partial charge in [-0.05, 0) is 54.7 Å². The molecule has 0 heterocycles. The predicted octanol–water partition coefficient (Wildman–Crippen LogP) is 3.47. The topological polar surface area (TPSA) is 38.7 Å². The van der Waals surface area contributed by atoms with Gasteiger partial charge in [0.15, 0.2) is 0 Å². The van der Waals surface area contributed by atoms with Crippen LogP contribution in [0.25, 0.3) is 12.2 Å². The Labute approximate surface area is 138 Å². The first-order valence-corrected chi connectivity index (χ1v) is 7.80. The first-order valence-electron chi connectivity index (χ1n) is 7.80. The van der Waals surface area contributed by atoms with Crippen LogP contribution in [-0.2, 0) is 0 Å². The van der Waals surface area contributed by atoms with E-state index in [0.29, 0.717) is 0 Å². The molecule has 2 aromatic rings. The van der Waals surface area contributed by atoms with E-state index >= 15 is 0 Å². The zero-order valence-corrected chi connectivity index (χ0v) is 14.1. The maximum absolute atomic E-state index is 9.86. The van der Waals surface area contributed by atoms with Crippen LogP contribution in [0.5, 0.6) is 11.5 Å². The molecule has 0 unspecified atom stereocenters. The summed E-state index contributed by atoms with van der Waals surface area (Å²) in [6.45, 7) is 5.20. The van der Waals surface area contributed by atoms with Gasteiger partial charge in [0.2, 0.25) is 0 Å².